The van der Waals surface area contributed by atoms with Gasteiger partial charge in [0.05, 0.1) is 26.4 Å². The van der Waals surface area contributed by atoms with Gasteiger partial charge in [-0.05, 0) is 43.0 Å². The molecule has 0 aliphatic carbocycles. The number of hydrogen-bond donors (Lipinski definition) is 3. The van der Waals surface area contributed by atoms with Crippen LogP contribution in [-0.4, -0.2) is 44.0 Å². The van der Waals surface area contributed by atoms with Gasteiger partial charge in [-0.25, -0.2) is 5.43 Å². The third kappa shape index (κ3) is 4.75. The summed E-state index contributed by atoms with van der Waals surface area (Å²) in [6, 6.07) is 4.88. The number of likely N-dealkylation sites (tertiary alicyclic amines) is 1. The molecular formula is C15H22N3O3+. The number of carbonyl (C=O) groups excluding carboxylic acids is 1. The maximum atomic E-state index is 11.8. The smallest absolute Gasteiger partial charge is 0.295 e. The minimum absolute atomic E-state index is 0.0751. The number of nitrogens with zero attached hydrogens (tertiary/aromatic N) is 1. The molecule has 0 aromatic heterocycles. The second-order valence-electron chi connectivity index (χ2n) is 5.21. The van der Waals surface area contributed by atoms with Crippen LogP contribution in [0, 0.1) is 0 Å². The number of aromatic hydroxyl groups is 1. The molecule has 0 saturated carbocycles. The van der Waals surface area contributed by atoms with Crippen LogP contribution in [0.2, 0.25) is 0 Å². The number of methoxy groups -OCH3 is 1. The zero-order chi connectivity index (χ0) is 15.1. The maximum Gasteiger partial charge on any atom is 0.295 e. The topological polar surface area (TPSA) is 75.4 Å². The Balaban J connectivity index is 1.82. The van der Waals surface area contributed by atoms with E-state index in [9.17, 15) is 9.90 Å². The molecule has 1 heterocycles. The van der Waals surface area contributed by atoms with E-state index in [2.05, 4.69) is 10.5 Å². The van der Waals surface area contributed by atoms with Crippen LogP contribution < -0.4 is 15.1 Å². The van der Waals surface area contributed by atoms with Crippen LogP contribution in [0.4, 0.5) is 0 Å². The van der Waals surface area contributed by atoms with Gasteiger partial charge in [0.1, 0.15) is 0 Å². The highest BCUT2D eigenvalue weighted by atomic mass is 16.5. The van der Waals surface area contributed by atoms with Gasteiger partial charge in [0.2, 0.25) is 0 Å². The Morgan fingerprint density at radius 1 is 1.43 bits per heavy atom. The minimum Gasteiger partial charge on any atom is -0.504 e. The highest BCUT2D eigenvalue weighted by Gasteiger charge is 2.16. The second-order valence-corrected chi connectivity index (χ2v) is 5.21. The minimum atomic E-state index is -0.0751. The molecule has 21 heavy (non-hydrogen) atoms. The summed E-state index contributed by atoms with van der Waals surface area (Å²) in [7, 11) is 1.49. The van der Waals surface area contributed by atoms with E-state index in [1.165, 1.54) is 43.6 Å². The standard InChI is InChI=1S/C15H21N3O3/c1-21-14-9-12(5-6-13(14)19)10-16-17-15(20)11-18-7-3-2-4-8-18/h5-6,9-10,19H,2-4,7-8,11H2,1H3,(H,17,20)/p+1. The van der Waals surface area contributed by atoms with Crippen molar-refractivity contribution in [2.45, 2.75) is 19.3 Å². The molecule has 0 bridgehead atoms. The predicted octanol–water partition coefficient (Wildman–Crippen LogP) is -0.0803. The molecule has 0 unspecified atom stereocenters. The van der Waals surface area contributed by atoms with Crippen LogP contribution in [-0.2, 0) is 4.79 Å². The Morgan fingerprint density at radius 3 is 2.90 bits per heavy atom. The van der Waals surface area contributed by atoms with E-state index in [1.807, 2.05) is 0 Å². The first-order valence-electron chi connectivity index (χ1n) is 7.21. The van der Waals surface area contributed by atoms with Crippen molar-refractivity contribution in [1.82, 2.24) is 5.43 Å². The lowest BCUT2D eigenvalue weighted by atomic mass is 10.1. The Morgan fingerprint density at radius 2 is 2.19 bits per heavy atom. The molecule has 2 rings (SSSR count). The van der Waals surface area contributed by atoms with Crippen LogP contribution in [0.25, 0.3) is 0 Å². The number of hydrazone groups is 1. The molecular weight excluding hydrogens is 270 g/mol. The number of carbonyl (C=O) groups is 1. The van der Waals surface area contributed by atoms with Gasteiger partial charge in [-0.15, -0.1) is 0 Å². The molecule has 114 valence electrons. The Kier molecular flexibility index (Phi) is 5.57. The summed E-state index contributed by atoms with van der Waals surface area (Å²) < 4.78 is 5.01. The molecule has 0 spiro atoms. The molecule has 6 heteroatoms. The normalized spacial score (nSPS) is 16.0. The van der Waals surface area contributed by atoms with Gasteiger partial charge in [-0.2, -0.15) is 5.10 Å². The van der Waals surface area contributed by atoms with Crippen molar-refractivity contribution in [3.8, 4) is 11.5 Å². The summed E-state index contributed by atoms with van der Waals surface area (Å²) >= 11 is 0. The van der Waals surface area contributed by atoms with Crippen molar-refractivity contribution >= 4 is 12.1 Å². The fourth-order valence-electron chi connectivity index (χ4n) is 2.45. The number of amides is 1. The average molecular weight is 292 g/mol. The number of phenolic OH excluding ortho intramolecular Hbond substituents is 1. The number of benzene rings is 1. The summed E-state index contributed by atoms with van der Waals surface area (Å²) in [5.41, 5.74) is 3.28. The van der Waals surface area contributed by atoms with Crippen molar-refractivity contribution < 1.29 is 19.5 Å². The zero-order valence-electron chi connectivity index (χ0n) is 12.3. The van der Waals surface area contributed by atoms with Gasteiger partial charge in [-0.3, -0.25) is 4.79 Å². The Labute approximate surface area is 124 Å². The van der Waals surface area contributed by atoms with Gasteiger partial charge in [-0.1, -0.05) is 0 Å². The maximum absolute atomic E-state index is 11.8. The van der Waals surface area contributed by atoms with E-state index in [-0.39, 0.29) is 11.7 Å². The highest BCUT2D eigenvalue weighted by molar-refractivity contribution is 5.83. The first-order chi connectivity index (χ1) is 10.2. The van der Waals surface area contributed by atoms with Crippen molar-refractivity contribution in [2.24, 2.45) is 5.10 Å². The number of ether oxygens (including phenoxy) is 1. The highest BCUT2D eigenvalue weighted by Crippen LogP contribution is 2.25. The SMILES string of the molecule is COc1cc(C=NNC(=O)C[NH+]2CCCCC2)ccc1O. The lowest BCUT2D eigenvalue weighted by Gasteiger charge is -2.22. The number of hydrogen-bond acceptors (Lipinski definition) is 4. The molecule has 1 aromatic rings. The zero-order valence-corrected chi connectivity index (χ0v) is 12.3. The fraction of sp³-hybridized carbons (Fsp3) is 0.467. The average Bonchev–Trinajstić information content (AvgIpc) is 2.50. The number of piperidine rings is 1. The van der Waals surface area contributed by atoms with Crippen molar-refractivity contribution in [3.63, 3.8) is 0 Å². The first-order valence-corrected chi connectivity index (χ1v) is 7.21. The van der Waals surface area contributed by atoms with E-state index < -0.39 is 0 Å². The van der Waals surface area contributed by atoms with E-state index in [0.29, 0.717) is 12.3 Å². The lowest BCUT2D eigenvalue weighted by Crippen LogP contribution is -3.13. The van der Waals surface area contributed by atoms with Crippen LogP contribution >= 0.6 is 0 Å². The van der Waals surface area contributed by atoms with Gasteiger partial charge in [0.15, 0.2) is 18.0 Å². The monoisotopic (exact) mass is 292 g/mol. The molecule has 1 aliphatic rings. The molecule has 1 aliphatic heterocycles. The van der Waals surface area contributed by atoms with E-state index in [4.69, 9.17) is 4.74 Å². The van der Waals surface area contributed by atoms with E-state index >= 15 is 0 Å². The summed E-state index contributed by atoms with van der Waals surface area (Å²) in [6.07, 6.45) is 5.19. The van der Waals surface area contributed by atoms with Crippen molar-refractivity contribution in [3.05, 3.63) is 23.8 Å². The molecule has 6 nitrogen and oxygen atoms in total. The quantitative estimate of drug-likeness (QED) is 0.525. The first kappa shape index (κ1) is 15.3. The second kappa shape index (κ2) is 7.64. The van der Waals surface area contributed by atoms with Crippen LogP contribution in [0.1, 0.15) is 24.8 Å². The third-order valence-corrected chi connectivity index (χ3v) is 3.58. The van der Waals surface area contributed by atoms with Gasteiger partial charge in [0, 0.05) is 0 Å². The molecule has 1 amide bonds. The van der Waals surface area contributed by atoms with Gasteiger partial charge in [0.25, 0.3) is 5.91 Å². The lowest BCUT2D eigenvalue weighted by molar-refractivity contribution is -0.896. The van der Waals surface area contributed by atoms with Gasteiger partial charge >= 0.3 is 0 Å². The molecule has 1 fully saturated rings. The molecule has 1 saturated heterocycles. The van der Waals surface area contributed by atoms with Crippen LogP contribution in [0.3, 0.4) is 0 Å². The summed E-state index contributed by atoms with van der Waals surface area (Å²) in [6.45, 7) is 2.59. The molecule has 3 N–H and O–H groups in total. The summed E-state index contributed by atoms with van der Waals surface area (Å²) in [4.78, 5) is 13.1. The van der Waals surface area contributed by atoms with Crippen molar-refractivity contribution in [2.75, 3.05) is 26.7 Å². The third-order valence-electron chi connectivity index (χ3n) is 3.58. The van der Waals surface area contributed by atoms with Crippen LogP contribution in [0.15, 0.2) is 23.3 Å². The summed E-state index contributed by atoms with van der Waals surface area (Å²) in [5, 5.41) is 13.4. The number of nitrogens with one attached hydrogen (secondary N) is 2. The fourth-order valence-corrected chi connectivity index (χ4v) is 2.45. The van der Waals surface area contributed by atoms with E-state index in [1.54, 1.807) is 12.1 Å². The predicted molar refractivity (Wildman–Crippen MR) is 79.8 cm³/mol. The van der Waals surface area contributed by atoms with Gasteiger partial charge < -0.3 is 14.7 Å². The van der Waals surface area contributed by atoms with E-state index in [0.717, 1.165) is 18.7 Å². The largest absolute Gasteiger partial charge is 0.504 e. The number of quaternary nitrogens is 1. The van der Waals surface area contributed by atoms with Crippen molar-refractivity contribution in [1.29, 1.82) is 0 Å². The molecule has 0 radical (unpaired) electrons. The Bertz CT molecular complexity index is 511. The number of rotatable bonds is 5. The Hall–Kier alpha value is -2.08. The van der Waals surface area contributed by atoms with Crippen LogP contribution in [0.5, 0.6) is 11.5 Å². The molecule has 1 aromatic carbocycles. The summed E-state index contributed by atoms with van der Waals surface area (Å²) in [5.74, 6) is 0.379. The molecule has 0 atom stereocenters. The number of phenols is 1.